The molecular formula is C40H37ClF2N6O5. The molecule has 0 bridgehead atoms. The van der Waals surface area contributed by atoms with Gasteiger partial charge in [0, 0.05) is 73.3 Å². The van der Waals surface area contributed by atoms with Crippen LogP contribution in [0.4, 0.5) is 20.3 Å². The number of likely N-dealkylation sites (tertiary alicyclic amines) is 2. The quantitative estimate of drug-likeness (QED) is 0.119. The Morgan fingerprint density at radius 3 is 2.57 bits per heavy atom. The van der Waals surface area contributed by atoms with Crippen molar-refractivity contribution in [2.24, 2.45) is 5.92 Å². The van der Waals surface area contributed by atoms with Gasteiger partial charge in [0.25, 0.3) is 0 Å². The molecule has 2 atom stereocenters. The van der Waals surface area contributed by atoms with Crippen molar-refractivity contribution in [2.45, 2.75) is 45.6 Å². The van der Waals surface area contributed by atoms with Gasteiger partial charge in [-0.15, -0.1) is 0 Å². The molecule has 2 saturated heterocycles. The van der Waals surface area contributed by atoms with Crippen LogP contribution in [0.5, 0.6) is 5.75 Å². The van der Waals surface area contributed by atoms with Crippen LogP contribution in [0.2, 0.25) is 5.02 Å². The lowest BCUT2D eigenvalue weighted by molar-refractivity contribution is -0.141. The highest BCUT2D eigenvalue weighted by molar-refractivity contribution is 6.36. The number of fused-ring (bicyclic) bond motifs is 2. The number of rotatable bonds is 11. The van der Waals surface area contributed by atoms with Crippen molar-refractivity contribution in [3.63, 3.8) is 0 Å². The summed E-state index contributed by atoms with van der Waals surface area (Å²) in [5.41, 5.74) is 6.75. The number of nitrogens with zero attached hydrogens (tertiary/aromatic N) is 5. The molecule has 54 heavy (non-hydrogen) atoms. The highest BCUT2D eigenvalue weighted by Crippen LogP contribution is 2.41. The van der Waals surface area contributed by atoms with Crippen LogP contribution in [0.1, 0.15) is 29.5 Å². The van der Waals surface area contributed by atoms with E-state index in [1.165, 1.54) is 6.07 Å². The standard InChI is InChI=1S/C40H37ClF2N6O5/c1-22-28(30-6-3-7-31(35(30)41)46-37-36-24(8-11-44-37)14-23(17-45-36)18-48-13-10-27(50)21-48)4-2-5-29(22)38-47-32-15-26(20-49-12-9-25(19-49)39(51)52)33(54-40(42)43)16-34(32)53-38/h2-8,11,14-17,25,27,40,50H,9-10,12-13,18-21H2,1H3,(H,44,46)(H,51,52). The molecule has 278 valence electrons. The Balaban J connectivity index is 1.07. The Kier molecular flexibility index (Phi) is 9.88. The monoisotopic (exact) mass is 754 g/mol. The van der Waals surface area contributed by atoms with Gasteiger partial charge in [0.2, 0.25) is 5.89 Å². The zero-order valence-electron chi connectivity index (χ0n) is 29.3. The number of aromatic nitrogens is 3. The average molecular weight is 755 g/mol. The van der Waals surface area contributed by atoms with Crippen LogP contribution < -0.4 is 10.1 Å². The summed E-state index contributed by atoms with van der Waals surface area (Å²) in [6.45, 7) is 2.20. The summed E-state index contributed by atoms with van der Waals surface area (Å²) in [5.74, 6) is -0.556. The molecule has 0 amide bonds. The van der Waals surface area contributed by atoms with Crippen molar-refractivity contribution in [3.05, 3.63) is 94.8 Å². The normalized spacial score (nSPS) is 18.0. The van der Waals surface area contributed by atoms with E-state index in [1.807, 2.05) is 60.5 Å². The minimum atomic E-state index is -3.05. The van der Waals surface area contributed by atoms with Crippen molar-refractivity contribution < 1.29 is 32.9 Å². The zero-order valence-corrected chi connectivity index (χ0v) is 30.1. The van der Waals surface area contributed by atoms with Crippen LogP contribution in [0, 0.1) is 12.8 Å². The van der Waals surface area contributed by atoms with Crippen LogP contribution in [0.15, 0.2) is 77.5 Å². The SMILES string of the molecule is Cc1c(-c2nc3cc(CN4CCC(C(=O)O)C4)c(OC(F)F)cc3o2)cccc1-c1cccc(Nc2nccc3cc(CN4CCC(O)C4)cnc23)c1Cl. The number of nitrogens with one attached hydrogen (secondary N) is 1. The Labute approximate surface area is 314 Å². The fraction of sp³-hybridized carbons (Fsp3) is 0.300. The third-order valence-electron chi connectivity index (χ3n) is 10.2. The highest BCUT2D eigenvalue weighted by atomic mass is 35.5. The highest BCUT2D eigenvalue weighted by Gasteiger charge is 2.29. The molecule has 0 radical (unpaired) electrons. The number of oxazole rings is 1. The maximum Gasteiger partial charge on any atom is 0.387 e. The van der Waals surface area contributed by atoms with E-state index in [2.05, 4.69) is 21.3 Å². The first-order valence-electron chi connectivity index (χ1n) is 17.7. The third kappa shape index (κ3) is 7.32. The molecule has 14 heteroatoms. The number of anilines is 2. The van der Waals surface area contributed by atoms with Gasteiger partial charge in [-0.25, -0.2) is 9.97 Å². The van der Waals surface area contributed by atoms with E-state index in [4.69, 9.17) is 30.7 Å². The Hall–Kier alpha value is -5.21. The van der Waals surface area contributed by atoms with Crippen molar-refractivity contribution in [3.8, 4) is 28.3 Å². The lowest BCUT2D eigenvalue weighted by Gasteiger charge is -2.17. The van der Waals surface area contributed by atoms with Gasteiger partial charge in [0.15, 0.2) is 11.4 Å². The molecule has 3 aromatic carbocycles. The second-order valence-electron chi connectivity index (χ2n) is 13.9. The van der Waals surface area contributed by atoms with Crippen LogP contribution >= 0.6 is 11.6 Å². The predicted molar refractivity (Wildman–Crippen MR) is 201 cm³/mol. The number of β-amino-alcohol motifs (C(OH)–C–C–N with tert-alkyl or cyclic N) is 1. The molecular weight excluding hydrogens is 718 g/mol. The van der Waals surface area contributed by atoms with Gasteiger partial charge in [0.05, 0.1) is 22.7 Å². The van der Waals surface area contributed by atoms with Crippen LogP contribution in [0.3, 0.4) is 0 Å². The number of carboxylic acid groups (broad SMARTS) is 1. The minimum absolute atomic E-state index is 0.0420. The molecule has 0 spiro atoms. The molecule has 2 aliphatic heterocycles. The van der Waals surface area contributed by atoms with Crippen LogP contribution in [-0.4, -0.2) is 79.8 Å². The zero-order chi connectivity index (χ0) is 37.5. The first kappa shape index (κ1) is 35.8. The van der Waals surface area contributed by atoms with Crippen molar-refractivity contribution in [2.75, 3.05) is 31.5 Å². The number of aliphatic hydroxyl groups excluding tert-OH is 1. The number of aliphatic carboxylic acids is 1. The molecule has 5 heterocycles. The van der Waals surface area contributed by atoms with E-state index in [1.54, 1.807) is 12.3 Å². The summed E-state index contributed by atoms with van der Waals surface area (Å²) in [7, 11) is 0. The summed E-state index contributed by atoms with van der Waals surface area (Å²) < 4.78 is 37.9. The number of pyridine rings is 2. The fourth-order valence-corrected chi connectivity index (χ4v) is 7.76. The van der Waals surface area contributed by atoms with Gasteiger partial charge < -0.3 is 24.7 Å². The molecule has 8 rings (SSSR count). The van der Waals surface area contributed by atoms with E-state index >= 15 is 0 Å². The first-order valence-corrected chi connectivity index (χ1v) is 18.1. The topological polar surface area (TPSA) is 137 Å². The maximum absolute atomic E-state index is 13.5. The van der Waals surface area contributed by atoms with Crippen molar-refractivity contribution in [1.82, 2.24) is 24.8 Å². The minimum Gasteiger partial charge on any atom is -0.481 e. The molecule has 3 N–H and O–H groups in total. The van der Waals surface area contributed by atoms with E-state index in [-0.39, 0.29) is 24.0 Å². The summed E-state index contributed by atoms with van der Waals surface area (Å²) in [5, 5.41) is 24.1. The summed E-state index contributed by atoms with van der Waals surface area (Å²) in [6, 6.07) is 18.5. The van der Waals surface area contributed by atoms with E-state index < -0.39 is 18.5 Å². The number of hydrogen-bond donors (Lipinski definition) is 3. The van der Waals surface area contributed by atoms with Crippen LogP contribution in [0.25, 0.3) is 44.6 Å². The molecule has 0 aliphatic carbocycles. The lowest BCUT2D eigenvalue weighted by Crippen LogP contribution is -2.23. The summed E-state index contributed by atoms with van der Waals surface area (Å²) in [6.07, 6.45) is 4.56. The largest absolute Gasteiger partial charge is 0.481 e. The van der Waals surface area contributed by atoms with Crippen LogP contribution in [-0.2, 0) is 17.9 Å². The number of carboxylic acids is 1. The van der Waals surface area contributed by atoms with Gasteiger partial charge in [-0.3, -0.25) is 19.6 Å². The van der Waals surface area contributed by atoms with Gasteiger partial charge in [-0.1, -0.05) is 35.9 Å². The lowest BCUT2D eigenvalue weighted by atomic mass is 9.96. The molecule has 11 nitrogen and oxygen atoms in total. The van der Waals surface area contributed by atoms with E-state index in [9.17, 15) is 23.8 Å². The Bertz CT molecular complexity index is 2370. The summed E-state index contributed by atoms with van der Waals surface area (Å²) in [4.78, 5) is 29.7. The molecule has 2 unspecified atom stereocenters. The van der Waals surface area contributed by atoms with Crippen molar-refractivity contribution in [1.29, 1.82) is 0 Å². The first-order chi connectivity index (χ1) is 26.1. The van der Waals surface area contributed by atoms with Gasteiger partial charge in [0.1, 0.15) is 16.8 Å². The van der Waals surface area contributed by atoms with Gasteiger partial charge in [-0.05, 0) is 73.3 Å². The van der Waals surface area contributed by atoms with E-state index in [0.717, 1.165) is 40.6 Å². The number of benzene rings is 3. The number of halogens is 3. The predicted octanol–water partition coefficient (Wildman–Crippen LogP) is 7.88. The number of aliphatic hydroxyl groups is 1. The maximum atomic E-state index is 13.5. The molecule has 6 aromatic rings. The second-order valence-corrected chi connectivity index (χ2v) is 14.3. The summed E-state index contributed by atoms with van der Waals surface area (Å²) >= 11 is 7.10. The molecule has 3 aromatic heterocycles. The number of carbonyl (C=O) groups is 1. The average Bonchev–Trinajstić information content (AvgIpc) is 3.89. The fourth-order valence-electron chi connectivity index (χ4n) is 7.48. The number of alkyl halides is 2. The Morgan fingerprint density at radius 2 is 1.80 bits per heavy atom. The second kappa shape index (κ2) is 14.9. The van der Waals surface area contributed by atoms with Gasteiger partial charge >= 0.3 is 12.6 Å². The number of hydrogen-bond acceptors (Lipinski definition) is 10. The number of ether oxygens (including phenoxy) is 1. The molecule has 2 fully saturated rings. The smallest absolute Gasteiger partial charge is 0.387 e. The molecule has 0 saturated carbocycles. The third-order valence-corrected chi connectivity index (χ3v) is 10.6. The molecule has 2 aliphatic rings. The van der Waals surface area contributed by atoms with Gasteiger partial charge in [-0.2, -0.15) is 8.78 Å². The Morgan fingerprint density at radius 1 is 1.02 bits per heavy atom. The van der Waals surface area contributed by atoms with Crippen molar-refractivity contribution >= 4 is 51.1 Å². The van der Waals surface area contributed by atoms with E-state index in [0.29, 0.717) is 77.2 Å².